The van der Waals surface area contributed by atoms with Crippen molar-refractivity contribution in [3.63, 3.8) is 0 Å². The topological polar surface area (TPSA) is 92.4 Å². The van der Waals surface area contributed by atoms with Gasteiger partial charge in [0.2, 0.25) is 5.91 Å². The maximum absolute atomic E-state index is 12.3. The highest BCUT2D eigenvalue weighted by molar-refractivity contribution is 5.82. The Morgan fingerprint density at radius 2 is 1.90 bits per heavy atom. The minimum atomic E-state index is -0.779. The zero-order valence-electron chi connectivity index (χ0n) is 12.7. The minimum Gasteiger partial charge on any atom is -0.481 e. The fraction of sp³-hybridized carbons (Fsp3) is 0.867. The second-order valence-electron chi connectivity index (χ2n) is 6.43. The number of carbonyl (C=O) groups is 2. The van der Waals surface area contributed by atoms with E-state index in [1.807, 2.05) is 13.8 Å². The number of amides is 1. The van der Waals surface area contributed by atoms with Crippen molar-refractivity contribution < 1.29 is 14.7 Å². The van der Waals surface area contributed by atoms with E-state index in [2.05, 4.69) is 5.32 Å². The average molecular weight is 284 g/mol. The van der Waals surface area contributed by atoms with Crippen LogP contribution in [-0.2, 0) is 9.59 Å². The van der Waals surface area contributed by atoms with Crippen LogP contribution >= 0.6 is 0 Å². The molecule has 1 unspecified atom stereocenters. The van der Waals surface area contributed by atoms with Crippen molar-refractivity contribution in [1.82, 2.24) is 5.32 Å². The van der Waals surface area contributed by atoms with Gasteiger partial charge < -0.3 is 16.2 Å². The number of nitrogens with one attached hydrogen (secondary N) is 1. The molecule has 0 spiro atoms. The molecule has 5 nitrogen and oxygen atoms in total. The third kappa shape index (κ3) is 4.20. The predicted molar refractivity (Wildman–Crippen MR) is 78.2 cm³/mol. The lowest BCUT2D eigenvalue weighted by Crippen LogP contribution is -2.48. The van der Waals surface area contributed by atoms with Crippen molar-refractivity contribution in [2.75, 3.05) is 13.1 Å². The molecule has 116 valence electrons. The van der Waals surface area contributed by atoms with Gasteiger partial charge in [-0.25, -0.2) is 0 Å². The van der Waals surface area contributed by atoms with Gasteiger partial charge in [0, 0.05) is 13.1 Å². The Morgan fingerprint density at radius 1 is 1.30 bits per heavy atom. The molecule has 5 heteroatoms. The lowest BCUT2D eigenvalue weighted by Gasteiger charge is -2.37. The molecule has 1 amide bonds. The standard InChI is InChI=1S/C15H28N2O3/c1-3-14(2,10-16)13(20)17-11-15(9-12(18)19)7-5-4-6-8-15/h3-11,16H2,1-2H3,(H,17,20)(H,18,19). The number of rotatable bonds is 7. The van der Waals surface area contributed by atoms with Crippen molar-refractivity contribution in [2.24, 2.45) is 16.6 Å². The first-order valence-corrected chi connectivity index (χ1v) is 7.58. The van der Waals surface area contributed by atoms with Crippen molar-refractivity contribution in [1.29, 1.82) is 0 Å². The molecule has 1 aliphatic carbocycles. The number of hydrogen-bond donors (Lipinski definition) is 3. The van der Waals surface area contributed by atoms with Gasteiger partial charge in [0.05, 0.1) is 11.8 Å². The fourth-order valence-electron chi connectivity index (χ4n) is 2.92. The summed E-state index contributed by atoms with van der Waals surface area (Å²) in [5.41, 5.74) is 4.85. The van der Waals surface area contributed by atoms with Crippen LogP contribution in [0.25, 0.3) is 0 Å². The molecule has 1 aliphatic rings. The number of hydrogen-bond acceptors (Lipinski definition) is 3. The molecule has 1 saturated carbocycles. The van der Waals surface area contributed by atoms with E-state index in [9.17, 15) is 9.59 Å². The zero-order chi connectivity index (χ0) is 15.2. The molecule has 0 radical (unpaired) electrons. The summed E-state index contributed by atoms with van der Waals surface area (Å²) in [6.45, 7) is 4.56. The fourth-order valence-corrected chi connectivity index (χ4v) is 2.92. The van der Waals surface area contributed by atoms with Crippen LogP contribution in [-0.4, -0.2) is 30.1 Å². The van der Waals surface area contributed by atoms with Gasteiger partial charge in [-0.1, -0.05) is 26.2 Å². The molecule has 0 aromatic rings. The minimum absolute atomic E-state index is 0.0576. The Morgan fingerprint density at radius 3 is 2.35 bits per heavy atom. The lowest BCUT2D eigenvalue weighted by molar-refractivity contribution is -0.141. The van der Waals surface area contributed by atoms with Gasteiger partial charge in [-0.2, -0.15) is 0 Å². The van der Waals surface area contributed by atoms with Crippen LogP contribution in [0.2, 0.25) is 0 Å². The zero-order valence-corrected chi connectivity index (χ0v) is 12.7. The largest absolute Gasteiger partial charge is 0.481 e. The van der Waals surface area contributed by atoms with Gasteiger partial charge in [0.15, 0.2) is 0 Å². The van der Waals surface area contributed by atoms with E-state index < -0.39 is 11.4 Å². The van der Waals surface area contributed by atoms with Crippen molar-refractivity contribution in [3.05, 3.63) is 0 Å². The average Bonchev–Trinajstić information content (AvgIpc) is 2.44. The molecule has 1 fully saturated rings. The summed E-state index contributed by atoms with van der Waals surface area (Å²) >= 11 is 0. The molecular weight excluding hydrogens is 256 g/mol. The summed E-state index contributed by atoms with van der Waals surface area (Å²) < 4.78 is 0. The van der Waals surface area contributed by atoms with Gasteiger partial charge in [-0.15, -0.1) is 0 Å². The second-order valence-corrected chi connectivity index (χ2v) is 6.43. The highest BCUT2D eigenvalue weighted by Gasteiger charge is 2.37. The second kappa shape index (κ2) is 7.07. The number of carbonyl (C=O) groups excluding carboxylic acids is 1. The number of aliphatic carboxylic acids is 1. The maximum atomic E-state index is 12.3. The molecule has 20 heavy (non-hydrogen) atoms. The molecule has 0 aromatic carbocycles. The smallest absolute Gasteiger partial charge is 0.303 e. The number of nitrogens with two attached hydrogens (primary N) is 1. The van der Waals surface area contributed by atoms with Crippen LogP contribution in [0.15, 0.2) is 0 Å². The maximum Gasteiger partial charge on any atom is 0.303 e. The van der Waals surface area contributed by atoms with E-state index in [1.54, 1.807) is 0 Å². The molecule has 0 aliphatic heterocycles. The molecule has 4 N–H and O–H groups in total. The van der Waals surface area contributed by atoms with E-state index in [0.29, 0.717) is 19.5 Å². The lowest BCUT2D eigenvalue weighted by atomic mass is 9.71. The Balaban J connectivity index is 2.67. The Labute approximate surface area is 121 Å². The first-order valence-electron chi connectivity index (χ1n) is 7.58. The van der Waals surface area contributed by atoms with Crippen LogP contribution in [0.4, 0.5) is 0 Å². The van der Waals surface area contributed by atoms with Gasteiger partial charge in [0.25, 0.3) is 0 Å². The van der Waals surface area contributed by atoms with Gasteiger partial charge >= 0.3 is 5.97 Å². The third-order valence-corrected chi connectivity index (χ3v) is 4.84. The molecule has 0 heterocycles. The SMILES string of the molecule is CCC(C)(CN)C(=O)NCC1(CC(=O)O)CCCCC1. The molecule has 0 saturated heterocycles. The Bertz CT molecular complexity index is 345. The Hall–Kier alpha value is -1.10. The molecule has 1 rings (SSSR count). The molecule has 1 atom stereocenters. The summed E-state index contributed by atoms with van der Waals surface area (Å²) in [4.78, 5) is 23.4. The molecule has 0 bridgehead atoms. The summed E-state index contributed by atoms with van der Waals surface area (Å²) in [6.07, 6.45) is 5.83. The Kier molecular flexibility index (Phi) is 5.99. The third-order valence-electron chi connectivity index (χ3n) is 4.84. The van der Waals surface area contributed by atoms with Crippen molar-refractivity contribution >= 4 is 11.9 Å². The quantitative estimate of drug-likeness (QED) is 0.665. The highest BCUT2D eigenvalue weighted by Crippen LogP contribution is 2.39. The summed E-state index contributed by atoms with van der Waals surface area (Å²) in [5, 5.41) is 12.1. The summed E-state index contributed by atoms with van der Waals surface area (Å²) in [6, 6.07) is 0. The van der Waals surface area contributed by atoms with Gasteiger partial charge in [-0.05, 0) is 31.6 Å². The first-order chi connectivity index (χ1) is 9.37. The van der Waals surface area contributed by atoms with E-state index >= 15 is 0 Å². The van der Waals surface area contributed by atoms with Crippen LogP contribution in [0.1, 0.15) is 58.8 Å². The van der Waals surface area contributed by atoms with Crippen LogP contribution in [0.3, 0.4) is 0 Å². The molecular formula is C15H28N2O3. The van der Waals surface area contributed by atoms with Gasteiger partial charge in [0.1, 0.15) is 0 Å². The predicted octanol–water partition coefficient (Wildman–Crippen LogP) is 1.90. The van der Waals surface area contributed by atoms with Crippen LogP contribution in [0.5, 0.6) is 0 Å². The highest BCUT2D eigenvalue weighted by atomic mass is 16.4. The summed E-state index contributed by atoms with van der Waals surface area (Å²) in [5.74, 6) is -0.837. The van der Waals surface area contributed by atoms with Crippen LogP contribution < -0.4 is 11.1 Å². The normalized spacial score (nSPS) is 20.9. The van der Waals surface area contributed by atoms with E-state index in [-0.39, 0.29) is 17.7 Å². The first kappa shape index (κ1) is 17.0. The summed E-state index contributed by atoms with van der Waals surface area (Å²) in [7, 11) is 0. The molecule has 0 aromatic heterocycles. The van der Waals surface area contributed by atoms with Gasteiger partial charge in [-0.3, -0.25) is 9.59 Å². The van der Waals surface area contributed by atoms with E-state index in [0.717, 1.165) is 32.1 Å². The number of carboxylic acid groups (broad SMARTS) is 1. The monoisotopic (exact) mass is 284 g/mol. The van der Waals surface area contributed by atoms with E-state index in [1.165, 1.54) is 0 Å². The van der Waals surface area contributed by atoms with Crippen LogP contribution in [0, 0.1) is 10.8 Å². The van der Waals surface area contributed by atoms with Crippen molar-refractivity contribution in [2.45, 2.75) is 58.8 Å². The number of carboxylic acids is 1. The van der Waals surface area contributed by atoms with Crippen molar-refractivity contribution in [3.8, 4) is 0 Å². The van der Waals surface area contributed by atoms with E-state index in [4.69, 9.17) is 10.8 Å².